The van der Waals surface area contributed by atoms with Crippen LogP contribution in [-0.4, -0.2) is 30.7 Å². The Morgan fingerprint density at radius 2 is 2.15 bits per heavy atom. The number of hydrogen-bond donors (Lipinski definition) is 0. The summed E-state index contributed by atoms with van der Waals surface area (Å²) in [4.78, 5) is 13.1. The normalized spacial score (nSPS) is 18.8. The third-order valence-electron chi connectivity index (χ3n) is 2.55. The lowest BCUT2D eigenvalue weighted by Gasteiger charge is -2.30. The van der Waals surface area contributed by atoms with Gasteiger partial charge in [0.15, 0.2) is 0 Å². The summed E-state index contributed by atoms with van der Waals surface area (Å²) in [5.41, 5.74) is 0. The first-order chi connectivity index (χ1) is 6.27. The number of amides is 1. The van der Waals surface area contributed by atoms with Gasteiger partial charge in [-0.3, -0.25) is 0 Å². The van der Waals surface area contributed by atoms with Crippen molar-refractivity contribution in [1.29, 1.82) is 0 Å². The van der Waals surface area contributed by atoms with Crippen LogP contribution in [-0.2, 0) is 4.74 Å². The highest BCUT2D eigenvalue weighted by Gasteiger charge is 2.21. The molecule has 3 heteroatoms. The molecule has 1 radical (unpaired) electrons. The van der Waals surface area contributed by atoms with Crippen molar-refractivity contribution < 1.29 is 9.53 Å². The van der Waals surface area contributed by atoms with Crippen molar-refractivity contribution in [2.75, 3.05) is 19.7 Å². The second kappa shape index (κ2) is 5.10. The molecule has 1 aliphatic heterocycles. The second-order valence-electron chi connectivity index (χ2n) is 3.42. The van der Waals surface area contributed by atoms with E-state index in [-0.39, 0.29) is 6.09 Å². The van der Waals surface area contributed by atoms with Crippen LogP contribution in [0.4, 0.5) is 4.79 Å². The van der Waals surface area contributed by atoms with Gasteiger partial charge < -0.3 is 9.64 Å². The minimum absolute atomic E-state index is 0.162. The number of ether oxygens (including phenoxy) is 1. The van der Waals surface area contributed by atoms with E-state index in [0.29, 0.717) is 12.5 Å². The largest absolute Gasteiger partial charge is 0.450 e. The third kappa shape index (κ3) is 2.90. The molecule has 0 bridgehead atoms. The van der Waals surface area contributed by atoms with Crippen LogP contribution in [0.5, 0.6) is 0 Å². The molecule has 1 rings (SSSR count). The van der Waals surface area contributed by atoms with Crippen molar-refractivity contribution >= 4 is 6.09 Å². The van der Waals surface area contributed by atoms with Crippen LogP contribution in [0.25, 0.3) is 0 Å². The van der Waals surface area contributed by atoms with Gasteiger partial charge in [0.2, 0.25) is 0 Å². The molecule has 1 heterocycles. The Labute approximate surface area is 80.1 Å². The highest BCUT2D eigenvalue weighted by molar-refractivity contribution is 5.67. The zero-order valence-electron chi connectivity index (χ0n) is 8.29. The molecule has 75 valence electrons. The fraction of sp³-hybridized carbons (Fsp3) is 0.800. The maximum Gasteiger partial charge on any atom is 0.409 e. The monoisotopic (exact) mass is 184 g/mol. The van der Waals surface area contributed by atoms with Gasteiger partial charge in [-0.25, -0.2) is 4.79 Å². The van der Waals surface area contributed by atoms with Gasteiger partial charge in [0.1, 0.15) is 0 Å². The van der Waals surface area contributed by atoms with Crippen LogP contribution < -0.4 is 0 Å². The fourth-order valence-corrected chi connectivity index (χ4v) is 1.62. The van der Waals surface area contributed by atoms with Crippen molar-refractivity contribution in [3.8, 4) is 0 Å². The van der Waals surface area contributed by atoms with Gasteiger partial charge in [0, 0.05) is 13.1 Å². The molecule has 1 amide bonds. The van der Waals surface area contributed by atoms with Gasteiger partial charge in [-0.2, -0.15) is 0 Å². The topological polar surface area (TPSA) is 29.5 Å². The highest BCUT2D eigenvalue weighted by Crippen LogP contribution is 2.19. The molecule has 13 heavy (non-hydrogen) atoms. The number of rotatable bonds is 2. The summed E-state index contributed by atoms with van der Waals surface area (Å²) in [6.45, 7) is 7.85. The average molecular weight is 184 g/mol. The summed E-state index contributed by atoms with van der Waals surface area (Å²) in [5, 5.41) is 0. The first-order valence-electron chi connectivity index (χ1n) is 4.98. The SMILES string of the molecule is [CH2]CC1CCN(C(=O)OCC)CC1. The van der Waals surface area contributed by atoms with Gasteiger partial charge in [0.05, 0.1) is 6.61 Å². The molecular weight excluding hydrogens is 166 g/mol. The van der Waals surface area contributed by atoms with E-state index < -0.39 is 0 Å². The summed E-state index contributed by atoms with van der Waals surface area (Å²) in [5.74, 6) is 0.700. The molecule has 3 nitrogen and oxygen atoms in total. The average Bonchev–Trinajstić information content (AvgIpc) is 2.18. The molecule has 0 atom stereocenters. The van der Waals surface area contributed by atoms with E-state index in [2.05, 4.69) is 6.92 Å². The van der Waals surface area contributed by atoms with Crippen LogP contribution in [0.1, 0.15) is 26.2 Å². The lowest BCUT2D eigenvalue weighted by atomic mass is 9.95. The standard InChI is InChI=1S/C10H18NO2/c1-3-9-5-7-11(8-6-9)10(12)13-4-2/h9H,1,3-8H2,2H3. The van der Waals surface area contributed by atoms with Crippen LogP contribution >= 0.6 is 0 Å². The van der Waals surface area contributed by atoms with E-state index in [4.69, 9.17) is 4.74 Å². The molecule has 0 N–H and O–H groups in total. The Balaban J connectivity index is 2.28. The number of carbonyl (C=O) groups is 1. The van der Waals surface area contributed by atoms with Crippen LogP contribution in [0.3, 0.4) is 0 Å². The van der Waals surface area contributed by atoms with Gasteiger partial charge in [-0.05, 0) is 25.7 Å². The zero-order valence-corrected chi connectivity index (χ0v) is 8.29. The first kappa shape index (κ1) is 10.4. The maximum atomic E-state index is 11.3. The fourth-order valence-electron chi connectivity index (χ4n) is 1.62. The van der Waals surface area contributed by atoms with E-state index in [0.717, 1.165) is 32.4 Å². The summed E-state index contributed by atoms with van der Waals surface area (Å²) in [6.07, 6.45) is 2.96. The molecule has 0 aromatic heterocycles. The number of likely N-dealkylation sites (tertiary alicyclic amines) is 1. The molecular formula is C10H18NO2. The van der Waals surface area contributed by atoms with Gasteiger partial charge in [0.25, 0.3) is 0 Å². The minimum Gasteiger partial charge on any atom is -0.450 e. The molecule has 1 aliphatic rings. The van der Waals surface area contributed by atoms with E-state index in [1.807, 2.05) is 6.92 Å². The minimum atomic E-state index is -0.162. The number of piperidine rings is 1. The van der Waals surface area contributed by atoms with Crippen molar-refractivity contribution in [1.82, 2.24) is 4.90 Å². The lowest BCUT2D eigenvalue weighted by molar-refractivity contribution is 0.0920. The van der Waals surface area contributed by atoms with Crippen molar-refractivity contribution in [3.63, 3.8) is 0 Å². The van der Waals surface area contributed by atoms with Crippen molar-refractivity contribution in [2.24, 2.45) is 5.92 Å². The van der Waals surface area contributed by atoms with E-state index in [1.54, 1.807) is 4.90 Å². The van der Waals surface area contributed by atoms with Crippen molar-refractivity contribution in [2.45, 2.75) is 26.2 Å². The Bertz CT molecular complexity index is 162. The molecule has 0 unspecified atom stereocenters. The van der Waals surface area contributed by atoms with E-state index in [1.165, 1.54) is 0 Å². The Kier molecular flexibility index (Phi) is 4.06. The maximum absolute atomic E-state index is 11.3. The summed E-state index contributed by atoms with van der Waals surface area (Å²) in [6, 6.07) is 0. The molecule has 0 aromatic rings. The third-order valence-corrected chi connectivity index (χ3v) is 2.55. The predicted octanol–water partition coefficient (Wildman–Crippen LogP) is 2.08. The van der Waals surface area contributed by atoms with Gasteiger partial charge in [-0.15, -0.1) is 0 Å². The first-order valence-corrected chi connectivity index (χ1v) is 4.98. The zero-order chi connectivity index (χ0) is 9.68. The second-order valence-corrected chi connectivity index (χ2v) is 3.42. The van der Waals surface area contributed by atoms with E-state index in [9.17, 15) is 4.79 Å². The number of nitrogens with zero attached hydrogens (tertiary/aromatic N) is 1. The van der Waals surface area contributed by atoms with Gasteiger partial charge in [-0.1, -0.05) is 13.3 Å². The predicted molar refractivity (Wildman–Crippen MR) is 51.3 cm³/mol. The van der Waals surface area contributed by atoms with Crippen molar-refractivity contribution in [3.05, 3.63) is 6.92 Å². The Hall–Kier alpha value is -0.730. The highest BCUT2D eigenvalue weighted by atomic mass is 16.6. The van der Waals surface area contributed by atoms with Crippen LogP contribution in [0.15, 0.2) is 0 Å². The molecule has 1 fully saturated rings. The van der Waals surface area contributed by atoms with Crippen LogP contribution in [0, 0.1) is 12.8 Å². The van der Waals surface area contributed by atoms with E-state index >= 15 is 0 Å². The van der Waals surface area contributed by atoms with Crippen LogP contribution in [0.2, 0.25) is 0 Å². The smallest absolute Gasteiger partial charge is 0.409 e. The van der Waals surface area contributed by atoms with Gasteiger partial charge >= 0.3 is 6.09 Å². The molecule has 0 aromatic carbocycles. The molecule has 0 spiro atoms. The summed E-state index contributed by atoms with van der Waals surface area (Å²) < 4.78 is 4.92. The summed E-state index contributed by atoms with van der Waals surface area (Å²) in [7, 11) is 0. The Morgan fingerprint density at radius 3 is 2.62 bits per heavy atom. The number of hydrogen-bond acceptors (Lipinski definition) is 2. The molecule has 0 saturated carbocycles. The Morgan fingerprint density at radius 1 is 1.54 bits per heavy atom. The number of carbonyl (C=O) groups excluding carboxylic acids is 1. The molecule has 1 saturated heterocycles. The quantitative estimate of drug-likeness (QED) is 0.657. The summed E-state index contributed by atoms with van der Waals surface area (Å²) >= 11 is 0. The molecule has 0 aliphatic carbocycles. The lowest BCUT2D eigenvalue weighted by Crippen LogP contribution is -2.38.